The Hall–Kier alpha value is -2.41. The van der Waals surface area contributed by atoms with Crippen molar-refractivity contribution in [2.24, 2.45) is 0 Å². The number of nitrogens with zero attached hydrogens (tertiary/aromatic N) is 1. The van der Waals surface area contributed by atoms with Gasteiger partial charge in [0.15, 0.2) is 0 Å². The maximum atomic E-state index is 12.0. The second-order valence-electron chi connectivity index (χ2n) is 4.70. The number of hydrogen-bond donors (Lipinski definition) is 2. The van der Waals surface area contributed by atoms with Crippen molar-refractivity contribution in [3.05, 3.63) is 24.3 Å². The number of methoxy groups -OCH3 is 1. The Morgan fingerprint density at radius 2 is 2.24 bits per heavy atom. The van der Waals surface area contributed by atoms with E-state index >= 15 is 0 Å². The van der Waals surface area contributed by atoms with Gasteiger partial charge < -0.3 is 10.1 Å². The normalized spacial score (nSPS) is 18.6. The highest BCUT2D eigenvalue weighted by Gasteiger charge is 2.32. The zero-order valence-electron chi connectivity index (χ0n) is 11.9. The Morgan fingerprint density at radius 3 is 2.95 bits per heavy atom. The number of carbonyl (C=O) groups excluding carboxylic acids is 3. The van der Waals surface area contributed by atoms with Gasteiger partial charge in [-0.25, -0.2) is 0 Å². The van der Waals surface area contributed by atoms with Gasteiger partial charge in [-0.3, -0.25) is 24.6 Å². The second-order valence-corrected chi connectivity index (χ2v) is 4.70. The van der Waals surface area contributed by atoms with Gasteiger partial charge in [0.2, 0.25) is 17.7 Å². The molecule has 1 unspecified atom stereocenters. The van der Waals surface area contributed by atoms with E-state index in [0.29, 0.717) is 11.4 Å². The minimum Gasteiger partial charge on any atom is -0.497 e. The number of amides is 3. The predicted molar refractivity (Wildman–Crippen MR) is 75.8 cm³/mol. The third-order valence-electron chi connectivity index (χ3n) is 3.15. The van der Waals surface area contributed by atoms with Gasteiger partial charge in [-0.2, -0.15) is 0 Å². The van der Waals surface area contributed by atoms with Gasteiger partial charge in [-0.1, -0.05) is 6.07 Å². The molecule has 1 aliphatic heterocycles. The summed E-state index contributed by atoms with van der Waals surface area (Å²) in [4.78, 5) is 36.5. The first kappa shape index (κ1) is 15.0. The summed E-state index contributed by atoms with van der Waals surface area (Å²) in [6, 6.07) is 6.37. The zero-order valence-corrected chi connectivity index (χ0v) is 11.9. The van der Waals surface area contributed by atoms with Crippen molar-refractivity contribution in [1.82, 2.24) is 10.2 Å². The van der Waals surface area contributed by atoms with Crippen molar-refractivity contribution in [1.29, 1.82) is 0 Å². The SMILES string of the molecule is COc1cccc(NC(=O)CN2C(=O)CNC(C)C2=O)c1. The maximum Gasteiger partial charge on any atom is 0.246 e. The number of hydrogen-bond acceptors (Lipinski definition) is 5. The van der Waals surface area contributed by atoms with Crippen molar-refractivity contribution < 1.29 is 19.1 Å². The van der Waals surface area contributed by atoms with Gasteiger partial charge in [0.05, 0.1) is 19.7 Å². The van der Waals surface area contributed by atoms with E-state index in [4.69, 9.17) is 4.74 Å². The fraction of sp³-hybridized carbons (Fsp3) is 0.357. The molecule has 112 valence electrons. The first-order valence-corrected chi connectivity index (χ1v) is 6.52. The molecule has 1 heterocycles. The van der Waals surface area contributed by atoms with Crippen molar-refractivity contribution >= 4 is 23.4 Å². The molecule has 1 saturated heterocycles. The van der Waals surface area contributed by atoms with Crippen LogP contribution in [0.3, 0.4) is 0 Å². The number of imide groups is 1. The van der Waals surface area contributed by atoms with Crippen LogP contribution in [0.15, 0.2) is 24.3 Å². The second kappa shape index (κ2) is 6.36. The van der Waals surface area contributed by atoms with Crippen LogP contribution in [0.1, 0.15) is 6.92 Å². The average molecular weight is 291 g/mol. The van der Waals surface area contributed by atoms with Crippen LogP contribution in [0.4, 0.5) is 5.69 Å². The molecule has 7 heteroatoms. The van der Waals surface area contributed by atoms with E-state index in [1.165, 1.54) is 7.11 Å². The lowest BCUT2D eigenvalue weighted by Gasteiger charge is -2.29. The van der Waals surface area contributed by atoms with Crippen LogP contribution in [0.25, 0.3) is 0 Å². The van der Waals surface area contributed by atoms with Gasteiger partial charge in [0, 0.05) is 11.8 Å². The molecule has 7 nitrogen and oxygen atoms in total. The lowest BCUT2D eigenvalue weighted by Crippen LogP contribution is -2.58. The van der Waals surface area contributed by atoms with Gasteiger partial charge in [0.1, 0.15) is 12.3 Å². The van der Waals surface area contributed by atoms with Crippen LogP contribution < -0.4 is 15.4 Å². The number of benzene rings is 1. The summed E-state index contributed by atoms with van der Waals surface area (Å²) in [6.45, 7) is 1.42. The number of ether oxygens (including phenoxy) is 1. The maximum absolute atomic E-state index is 12.0. The minimum absolute atomic E-state index is 0.0549. The van der Waals surface area contributed by atoms with E-state index in [1.54, 1.807) is 31.2 Å². The Labute approximate surface area is 122 Å². The molecule has 1 fully saturated rings. The Kier molecular flexibility index (Phi) is 4.54. The van der Waals surface area contributed by atoms with Gasteiger partial charge in [-0.15, -0.1) is 0 Å². The number of nitrogens with one attached hydrogen (secondary N) is 2. The first-order chi connectivity index (χ1) is 10.0. The van der Waals surface area contributed by atoms with Crippen molar-refractivity contribution in [3.8, 4) is 5.75 Å². The van der Waals surface area contributed by atoms with Gasteiger partial charge in [0.25, 0.3) is 0 Å². The third-order valence-corrected chi connectivity index (χ3v) is 3.15. The zero-order chi connectivity index (χ0) is 15.4. The molecule has 0 aliphatic carbocycles. The van der Waals surface area contributed by atoms with Crippen LogP contribution in [-0.4, -0.2) is 48.9 Å². The number of piperazine rings is 1. The van der Waals surface area contributed by atoms with E-state index in [9.17, 15) is 14.4 Å². The van der Waals surface area contributed by atoms with E-state index < -0.39 is 23.8 Å². The largest absolute Gasteiger partial charge is 0.497 e. The molecule has 2 N–H and O–H groups in total. The molecule has 1 aliphatic rings. The average Bonchev–Trinajstić information content (AvgIpc) is 2.48. The highest BCUT2D eigenvalue weighted by atomic mass is 16.5. The number of carbonyl (C=O) groups is 3. The summed E-state index contributed by atoms with van der Waals surface area (Å²) in [5.41, 5.74) is 0.544. The molecule has 0 aromatic heterocycles. The predicted octanol–water partition coefficient (Wildman–Crippen LogP) is -0.0194. The van der Waals surface area contributed by atoms with Crippen molar-refractivity contribution in [2.75, 3.05) is 25.5 Å². The van der Waals surface area contributed by atoms with Crippen LogP contribution in [0, 0.1) is 0 Å². The molecular weight excluding hydrogens is 274 g/mol. The summed E-state index contributed by atoms with van der Waals surface area (Å²) >= 11 is 0. The highest BCUT2D eigenvalue weighted by Crippen LogP contribution is 2.16. The van der Waals surface area contributed by atoms with Crippen LogP contribution in [0.2, 0.25) is 0 Å². The molecule has 3 amide bonds. The van der Waals surface area contributed by atoms with Crippen molar-refractivity contribution in [2.45, 2.75) is 13.0 Å². The Bertz CT molecular complexity index is 573. The topological polar surface area (TPSA) is 87.7 Å². The molecule has 1 atom stereocenters. The van der Waals surface area contributed by atoms with E-state index in [0.717, 1.165) is 4.90 Å². The summed E-state index contributed by atoms with van der Waals surface area (Å²) in [5, 5.41) is 5.39. The van der Waals surface area contributed by atoms with E-state index in [1.807, 2.05) is 0 Å². The summed E-state index contributed by atoms with van der Waals surface area (Å²) in [6.07, 6.45) is 0. The van der Waals surface area contributed by atoms with E-state index in [2.05, 4.69) is 10.6 Å². The van der Waals surface area contributed by atoms with Gasteiger partial charge >= 0.3 is 0 Å². The van der Waals surface area contributed by atoms with Crippen molar-refractivity contribution in [3.63, 3.8) is 0 Å². The molecule has 0 spiro atoms. The molecule has 1 aromatic carbocycles. The first-order valence-electron chi connectivity index (χ1n) is 6.52. The van der Waals surface area contributed by atoms with E-state index in [-0.39, 0.29) is 13.1 Å². The number of rotatable bonds is 4. The molecule has 0 bridgehead atoms. The fourth-order valence-corrected chi connectivity index (χ4v) is 1.99. The monoisotopic (exact) mass is 291 g/mol. The lowest BCUT2D eigenvalue weighted by atomic mass is 10.2. The molecule has 2 rings (SSSR count). The Morgan fingerprint density at radius 1 is 1.48 bits per heavy atom. The highest BCUT2D eigenvalue weighted by molar-refractivity contribution is 6.05. The minimum atomic E-state index is -0.465. The smallest absolute Gasteiger partial charge is 0.246 e. The summed E-state index contributed by atoms with van der Waals surface area (Å²) in [5.74, 6) is -0.624. The van der Waals surface area contributed by atoms with Gasteiger partial charge in [-0.05, 0) is 19.1 Å². The molecule has 0 radical (unpaired) electrons. The standard InChI is InChI=1S/C14H17N3O4/c1-9-14(20)17(13(19)7-15-9)8-12(18)16-10-4-3-5-11(6-10)21-2/h3-6,9,15H,7-8H2,1-2H3,(H,16,18). The quantitative estimate of drug-likeness (QED) is 0.761. The summed E-state index contributed by atoms with van der Waals surface area (Å²) < 4.78 is 5.06. The fourth-order valence-electron chi connectivity index (χ4n) is 1.99. The van der Waals surface area contributed by atoms with Crippen LogP contribution >= 0.6 is 0 Å². The van der Waals surface area contributed by atoms with Crippen LogP contribution in [-0.2, 0) is 14.4 Å². The third kappa shape index (κ3) is 3.57. The summed E-state index contributed by atoms with van der Waals surface area (Å²) in [7, 11) is 1.53. The number of anilines is 1. The molecule has 1 aromatic rings. The molecule has 0 saturated carbocycles. The molecule has 21 heavy (non-hydrogen) atoms. The lowest BCUT2D eigenvalue weighted by molar-refractivity contribution is -0.150. The van der Waals surface area contributed by atoms with Crippen LogP contribution in [0.5, 0.6) is 5.75 Å². The Balaban J connectivity index is 2.00. The molecular formula is C14H17N3O4.